The van der Waals surface area contributed by atoms with Gasteiger partial charge in [-0.15, -0.1) is 0 Å². The molecule has 0 aromatic heterocycles. The lowest BCUT2D eigenvalue weighted by Crippen LogP contribution is -2.14. The highest BCUT2D eigenvalue weighted by Gasteiger charge is 2.01. The maximum atomic E-state index is 4.63. The molecule has 1 aliphatic heterocycles. The Balaban J connectivity index is 2.02. The summed E-state index contributed by atoms with van der Waals surface area (Å²) in [6.07, 6.45) is 2.29. The van der Waals surface area contributed by atoms with Crippen molar-refractivity contribution in [1.82, 2.24) is 0 Å². The van der Waals surface area contributed by atoms with E-state index in [2.05, 4.69) is 14.7 Å². The second kappa shape index (κ2) is 4.91. The lowest BCUT2D eigenvalue weighted by molar-refractivity contribution is -0.467. The maximum absolute atomic E-state index is 4.63. The Morgan fingerprint density at radius 2 is 2.33 bits per heavy atom. The summed E-state index contributed by atoms with van der Waals surface area (Å²) >= 11 is 0. The second-order valence-electron chi connectivity index (χ2n) is 2.13. The molecule has 0 aliphatic carbocycles. The fourth-order valence-corrected chi connectivity index (χ4v) is 0.778. The number of hydrogen-bond donors (Lipinski definition) is 0. The highest BCUT2D eigenvalue weighted by Crippen LogP contribution is 1.92. The Labute approximate surface area is 56.6 Å². The van der Waals surface area contributed by atoms with Gasteiger partial charge in [-0.2, -0.15) is 0 Å². The van der Waals surface area contributed by atoms with E-state index in [9.17, 15) is 0 Å². The Kier molecular flexibility index (Phi) is 3.92. The molecule has 0 unspecified atom stereocenters. The maximum Gasteiger partial charge on any atom is 0.278 e. The van der Waals surface area contributed by atoms with Gasteiger partial charge in [0.25, 0.3) is 7.37 Å². The molecule has 3 nitrogen and oxygen atoms in total. The monoisotopic (exact) mass is 126 g/mol. The molecule has 9 heavy (non-hydrogen) atoms. The second-order valence-corrected chi connectivity index (χ2v) is 2.13. The van der Waals surface area contributed by atoms with Gasteiger partial charge in [-0.1, -0.05) is 11.4 Å². The van der Waals surface area contributed by atoms with E-state index < -0.39 is 0 Å². The fraction of sp³-hybridized carbons (Fsp3) is 1.00. The highest BCUT2D eigenvalue weighted by molar-refractivity contribution is 7.27. The molecule has 0 bridgehead atoms. The minimum Gasteiger partial charge on any atom is -0.291 e. The van der Waals surface area contributed by atoms with E-state index in [1.165, 1.54) is 13.5 Å². The number of rotatable bonds is 0. The normalized spacial score (nSPS) is 21.3. The molecule has 48 valence electrons. The van der Waals surface area contributed by atoms with Gasteiger partial charge in [0.1, 0.15) is 0 Å². The number of hydrogen-bond acceptors (Lipinski definition) is 3. The fourth-order valence-electron chi connectivity index (χ4n) is 0.778. The molecule has 0 aromatic rings. The molecule has 0 N–H and O–H groups in total. The topological polar surface area (TPSA) is 27.7 Å². The van der Waals surface area contributed by atoms with Crippen LogP contribution in [0.2, 0.25) is 6.32 Å². The zero-order chi connectivity index (χ0) is 6.36. The van der Waals surface area contributed by atoms with Gasteiger partial charge >= 0.3 is 0 Å². The molecule has 6 heteroatoms. The summed E-state index contributed by atoms with van der Waals surface area (Å²) in [7, 11) is 2.94. The summed E-state index contributed by atoms with van der Waals surface area (Å²) in [6.45, 7) is 0.653. The van der Waals surface area contributed by atoms with Crippen molar-refractivity contribution < 1.29 is 14.7 Å². The smallest absolute Gasteiger partial charge is 0.278 e. The molecule has 0 atom stereocenters. The predicted octanol–water partition coefficient (Wildman–Crippen LogP) is -1.26. The van der Waals surface area contributed by atoms with Crippen LogP contribution in [0.4, 0.5) is 0 Å². The van der Waals surface area contributed by atoms with E-state index in [4.69, 9.17) is 0 Å². The van der Waals surface area contributed by atoms with E-state index in [1.54, 1.807) is 0 Å². The van der Waals surface area contributed by atoms with Crippen LogP contribution >= 0.6 is 0 Å². The third-order valence-electron chi connectivity index (χ3n) is 1.30. The molecular formula is C3H9B3O3. The van der Waals surface area contributed by atoms with E-state index >= 15 is 0 Å². The van der Waals surface area contributed by atoms with Crippen LogP contribution in [0, 0.1) is 0 Å². The largest absolute Gasteiger partial charge is 0.291 e. The first kappa shape index (κ1) is 7.19. The molecule has 0 aromatic carbocycles. The molecule has 1 rings (SSSR count). The van der Waals surface area contributed by atoms with Gasteiger partial charge in [0.15, 0.2) is 0 Å². The van der Waals surface area contributed by atoms with Gasteiger partial charge in [-0.25, -0.2) is 4.89 Å². The first-order valence-electron chi connectivity index (χ1n) is 3.41. The summed E-state index contributed by atoms with van der Waals surface area (Å²) < 4.78 is 0. The van der Waals surface area contributed by atoms with Crippen LogP contribution in [0.25, 0.3) is 0 Å². The summed E-state index contributed by atoms with van der Waals surface area (Å²) in [5.41, 5.74) is 0. The third-order valence-corrected chi connectivity index (χ3v) is 1.30. The van der Waals surface area contributed by atoms with Crippen molar-refractivity contribution in [3.8, 4) is 0 Å². The van der Waals surface area contributed by atoms with Crippen LogP contribution in [0.1, 0.15) is 6.42 Å². The van der Waals surface area contributed by atoms with Gasteiger partial charge in [0.05, 0.1) is 20.8 Å². The van der Waals surface area contributed by atoms with Crippen molar-refractivity contribution in [3.63, 3.8) is 0 Å². The summed E-state index contributed by atoms with van der Waals surface area (Å²) in [4.78, 5) is 9.26. The van der Waals surface area contributed by atoms with Gasteiger partial charge in [-0.05, 0) is 6.42 Å². The SMILES string of the molecule is B1BCCCOOOB1. The average molecular weight is 126 g/mol. The Hall–Kier alpha value is 0.0748. The first-order chi connectivity index (χ1) is 4.50. The summed E-state index contributed by atoms with van der Waals surface area (Å²) in [5.74, 6) is 0. The van der Waals surface area contributed by atoms with Crippen LogP contribution < -0.4 is 0 Å². The van der Waals surface area contributed by atoms with E-state index in [0.717, 1.165) is 13.5 Å². The van der Waals surface area contributed by atoms with Crippen molar-refractivity contribution >= 4 is 21.6 Å². The quantitative estimate of drug-likeness (QED) is 0.299. The lowest BCUT2D eigenvalue weighted by atomic mass is 9.24. The standard InChI is InChI=1S/C3H9B3O3/c1-2-4-5-6-8-9-7-3-1/h4-6H,1-3H2. The van der Waals surface area contributed by atoms with Crippen molar-refractivity contribution in [2.24, 2.45) is 0 Å². The third kappa shape index (κ3) is 3.62. The van der Waals surface area contributed by atoms with Crippen molar-refractivity contribution in [2.75, 3.05) is 6.61 Å². The summed E-state index contributed by atoms with van der Waals surface area (Å²) in [5, 5.41) is 4.35. The van der Waals surface area contributed by atoms with Gasteiger partial charge in [0, 0.05) is 0 Å². The molecule has 1 saturated heterocycles. The lowest BCUT2D eigenvalue weighted by Gasteiger charge is -1.97. The first-order valence-corrected chi connectivity index (χ1v) is 3.41. The van der Waals surface area contributed by atoms with Crippen LogP contribution in [0.3, 0.4) is 0 Å². The molecule has 0 spiro atoms. The van der Waals surface area contributed by atoms with Crippen LogP contribution in [0.15, 0.2) is 0 Å². The van der Waals surface area contributed by atoms with Crippen LogP contribution in [-0.4, -0.2) is 28.2 Å². The van der Waals surface area contributed by atoms with E-state index in [-0.39, 0.29) is 0 Å². The molecular weight excluding hydrogens is 116 g/mol. The molecule has 1 aliphatic rings. The Morgan fingerprint density at radius 3 is 3.33 bits per heavy atom. The predicted molar refractivity (Wildman–Crippen MR) is 39.0 cm³/mol. The van der Waals surface area contributed by atoms with Gasteiger partial charge < -0.3 is 0 Å². The minimum atomic E-state index is 0.653. The zero-order valence-corrected chi connectivity index (χ0v) is 5.47. The summed E-state index contributed by atoms with van der Waals surface area (Å²) in [6, 6.07) is 0. The Bertz CT molecular complexity index is 42.8. The minimum absolute atomic E-state index is 0.653. The van der Waals surface area contributed by atoms with E-state index in [0.29, 0.717) is 14.0 Å². The van der Waals surface area contributed by atoms with Crippen LogP contribution in [0.5, 0.6) is 0 Å². The zero-order valence-electron chi connectivity index (χ0n) is 5.47. The van der Waals surface area contributed by atoms with Gasteiger partial charge in [-0.3, -0.25) is 4.81 Å². The average Bonchev–Trinajstić information content (AvgIpc) is 2.00. The highest BCUT2D eigenvalue weighted by atomic mass is 17.5. The molecule has 0 radical (unpaired) electrons. The Morgan fingerprint density at radius 1 is 1.33 bits per heavy atom. The molecule has 0 amide bonds. The van der Waals surface area contributed by atoms with Crippen molar-refractivity contribution in [2.45, 2.75) is 12.7 Å². The molecule has 1 heterocycles. The van der Waals surface area contributed by atoms with E-state index in [1.807, 2.05) is 0 Å². The molecule has 0 saturated carbocycles. The van der Waals surface area contributed by atoms with Crippen molar-refractivity contribution in [1.29, 1.82) is 0 Å². The van der Waals surface area contributed by atoms with Crippen LogP contribution in [-0.2, 0) is 14.7 Å². The van der Waals surface area contributed by atoms with Gasteiger partial charge in [0.2, 0.25) is 0 Å². The van der Waals surface area contributed by atoms with Crippen molar-refractivity contribution in [3.05, 3.63) is 0 Å². The molecule has 1 fully saturated rings.